The normalized spacial score (nSPS) is 17.7. The van der Waals surface area contributed by atoms with Crippen molar-refractivity contribution in [2.75, 3.05) is 13.1 Å². The second-order valence-corrected chi connectivity index (χ2v) is 8.09. The van der Waals surface area contributed by atoms with E-state index in [0.717, 1.165) is 32.1 Å². The summed E-state index contributed by atoms with van der Waals surface area (Å²) in [5.74, 6) is -0.221. The first-order valence-electron chi connectivity index (χ1n) is 8.36. The number of amides is 1. The predicted octanol–water partition coefficient (Wildman–Crippen LogP) is 2.78. The smallest absolute Gasteiger partial charge is 0.251 e. The van der Waals surface area contributed by atoms with Gasteiger partial charge in [0.25, 0.3) is 5.91 Å². The van der Waals surface area contributed by atoms with E-state index >= 15 is 0 Å². The molecule has 5 nitrogen and oxygen atoms in total. The van der Waals surface area contributed by atoms with E-state index in [2.05, 4.69) is 12.2 Å². The summed E-state index contributed by atoms with van der Waals surface area (Å²) in [6, 6.07) is 6.42. The van der Waals surface area contributed by atoms with Crippen LogP contribution in [0.25, 0.3) is 0 Å². The van der Waals surface area contributed by atoms with Crippen LogP contribution in [0.1, 0.15) is 56.3 Å². The molecule has 0 unspecified atom stereocenters. The van der Waals surface area contributed by atoms with Crippen LogP contribution in [-0.2, 0) is 10.0 Å². The third-order valence-corrected chi connectivity index (χ3v) is 6.04. The van der Waals surface area contributed by atoms with Crippen molar-refractivity contribution in [3.63, 3.8) is 0 Å². The van der Waals surface area contributed by atoms with Crippen LogP contribution in [0, 0.1) is 0 Å². The zero-order valence-electron chi connectivity index (χ0n) is 13.9. The molecule has 1 aliphatic heterocycles. The lowest BCUT2D eigenvalue weighted by Gasteiger charge is -2.26. The molecule has 1 fully saturated rings. The minimum Gasteiger partial charge on any atom is -0.350 e. The summed E-state index contributed by atoms with van der Waals surface area (Å²) >= 11 is 0. The number of rotatable bonds is 6. The monoisotopic (exact) mass is 338 g/mol. The van der Waals surface area contributed by atoms with Crippen molar-refractivity contribution in [3.8, 4) is 0 Å². The Labute approximate surface area is 139 Å². The fraction of sp³-hybridized carbons (Fsp3) is 0.588. The Bertz CT molecular complexity index is 637. The molecule has 0 aliphatic carbocycles. The molecule has 1 aromatic rings. The molecule has 0 aromatic heterocycles. The Morgan fingerprint density at radius 2 is 1.96 bits per heavy atom. The van der Waals surface area contributed by atoms with Gasteiger partial charge in [-0.2, -0.15) is 4.31 Å². The molecular weight excluding hydrogens is 312 g/mol. The number of hydrogen-bond donors (Lipinski definition) is 1. The van der Waals surface area contributed by atoms with Crippen LogP contribution in [-0.4, -0.2) is 37.8 Å². The highest BCUT2D eigenvalue weighted by Crippen LogP contribution is 2.21. The second-order valence-electron chi connectivity index (χ2n) is 6.16. The van der Waals surface area contributed by atoms with Gasteiger partial charge in [0.2, 0.25) is 10.0 Å². The quantitative estimate of drug-likeness (QED) is 0.867. The molecule has 1 aliphatic rings. The van der Waals surface area contributed by atoms with Gasteiger partial charge in [-0.1, -0.05) is 25.8 Å². The molecule has 1 aromatic carbocycles. The zero-order chi connectivity index (χ0) is 16.9. The van der Waals surface area contributed by atoms with Crippen molar-refractivity contribution in [2.24, 2.45) is 0 Å². The third kappa shape index (κ3) is 4.54. The molecule has 2 rings (SSSR count). The van der Waals surface area contributed by atoms with E-state index < -0.39 is 10.0 Å². The average molecular weight is 338 g/mol. The average Bonchev–Trinajstić information content (AvgIpc) is 2.56. The first kappa shape index (κ1) is 17.9. The summed E-state index contributed by atoms with van der Waals surface area (Å²) in [6.07, 6.45) is 4.76. The summed E-state index contributed by atoms with van der Waals surface area (Å²) < 4.78 is 26.9. The van der Waals surface area contributed by atoms with Crippen LogP contribution in [0.4, 0.5) is 0 Å². The fourth-order valence-corrected chi connectivity index (χ4v) is 4.43. The Morgan fingerprint density at radius 1 is 1.26 bits per heavy atom. The molecule has 0 bridgehead atoms. The minimum absolute atomic E-state index is 0.0786. The molecule has 23 heavy (non-hydrogen) atoms. The van der Waals surface area contributed by atoms with Gasteiger partial charge in [0.1, 0.15) is 0 Å². The van der Waals surface area contributed by atoms with E-state index in [4.69, 9.17) is 0 Å². The van der Waals surface area contributed by atoms with Crippen molar-refractivity contribution in [2.45, 2.75) is 56.9 Å². The number of hydrogen-bond acceptors (Lipinski definition) is 3. The molecule has 0 radical (unpaired) electrons. The largest absolute Gasteiger partial charge is 0.350 e. The number of benzene rings is 1. The van der Waals surface area contributed by atoms with E-state index in [1.54, 1.807) is 18.2 Å². The fourth-order valence-electron chi connectivity index (χ4n) is 2.86. The van der Waals surface area contributed by atoms with Crippen molar-refractivity contribution < 1.29 is 13.2 Å². The highest BCUT2D eigenvalue weighted by molar-refractivity contribution is 7.89. The van der Waals surface area contributed by atoms with Gasteiger partial charge in [-0.15, -0.1) is 0 Å². The lowest BCUT2D eigenvalue weighted by Crippen LogP contribution is -2.36. The molecule has 128 valence electrons. The van der Waals surface area contributed by atoms with Gasteiger partial charge in [0.05, 0.1) is 4.90 Å². The molecule has 1 amide bonds. The van der Waals surface area contributed by atoms with Gasteiger partial charge in [0, 0.05) is 24.7 Å². The molecule has 0 saturated carbocycles. The summed E-state index contributed by atoms with van der Waals surface area (Å²) in [5, 5.41) is 2.91. The highest BCUT2D eigenvalue weighted by Gasteiger charge is 2.26. The summed E-state index contributed by atoms with van der Waals surface area (Å²) in [6.45, 7) is 5.14. The maximum Gasteiger partial charge on any atom is 0.251 e. The molecule has 1 atom stereocenters. The van der Waals surface area contributed by atoms with Gasteiger partial charge in [0.15, 0.2) is 0 Å². The number of carbonyl (C=O) groups excluding carboxylic acids is 1. The molecule has 1 N–H and O–H groups in total. The van der Waals surface area contributed by atoms with Gasteiger partial charge in [-0.25, -0.2) is 8.42 Å². The minimum atomic E-state index is -3.50. The lowest BCUT2D eigenvalue weighted by atomic mass is 10.1. The summed E-state index contributed by atoms with van der Waals surface area (Å²) in [5.41, 5.74) is 0.394. The van der Waals surface area contributed by atoms with Crippen molar-refractivity contribution in [1.29, 1.82) is 0 Å². The first-order chi connectivity index (χ1) is 10.9. The molecule has 1 saturated heterocycles. The number of nitrogens with zero attached hydrogens (tertiary/aromatic N) is 1. The maximum absolute atomic E-state index is 12.7. The van der Waals surface area contributed by atoms with Crippen LogP contribution in [0.2, 0.25) is 0 Å². The van der Waals surface area contributed by atoms with E-state index in [-0.39, 0.29) is 16.8 Å². The third-order valence-electron chi connectivity index (χ3n) is 4.15. The Morgan fingerprint density at radius 3 is 2.61 bits per heavy atom. The molecule has 0 spiro atoms. The zero-order valence-corrected chi connectivity index (χ0v) is 14.7. The molecule has 1 heterocycles. The maximum atomic E-state index is 12.7. The van der Waals surface area contributed by atoms with E-state index in [0.29, 0.717) is 18.7 Å². The Kier molecular flexibility index (Phi) is 6.18. The van der Waals surface area contributed by atoms with Gasteiger partial charge in [-0.3, -0.25) is 4.79 Å². The van der Waals surface area contributed by atoms with Crippen LogP contribution < -0.4 is 5.32 Å². The number of sulfonamides is 1. The van der Waals surface area contributed by atoms with Gasteiger partial charge in [-0.05, 0) is 44.4 Å². The number of nitrogens with one attached hydrogen (secondary N) is 1. The Balaban J connectivity index is 2.17. The Hall–Kier alpha value is -1.40. The van der Waals surface area contributed by atoms with Crippen LogP contribution in [0.5, 0.6) is 0 Å². The van der Waals surface area contributed by atoms with Gasteiger partial charge < -0.3 is 5.32 Å². The van der Waals surface area contributed by atoms with E-state index in [1.165, 1.54) is 10.4 Å². The topological polar surface area (TPSA) is 66.5 Å². The van der Waals surface area contributed by atoms with Crippen molar-refractivity contribution in [3.05, 3.63) is 29.8 Å². The van der Waals surface area contributed by atoms with E-state index in [1.807, 2.05) is 6.92 Å². The number of carbonyl (C=O) groups is 1. The summed E-state index contributed by atoms with van der Waals surface area (Å²) in [4.78, 5) is 12.5. The van der Waals surface area contributed by atoms with Crippen molar-refractivity contribution >= 4 is 15.9 Å². The van der Waals surface area contributed by atoms with E-state index in [9.17, 15) is 13.2 Å². The number of piperidine rings is 1. The first-order valence-corrected chi connectivity index (χ1v) is 9.80. The summed E-state index contributed by atoms with van der Waals surface area (Å²) in [7, 11) is -3.50. The SMILES string of the molecule is CCC[C@H](C)NC(=O)c1cccc(S(=O)(=O)N2CCCCC2)c1. The van der Waals surface area contributed by atoms with Crippen molar-refractivity contribution in [1.82, 2.24) is 9.62 Å². The van der Waals surface area contributed by atoms with Crippen LogP contribution >= 0.6 is 0 Å². The lowest BCUT2D eigenvalue weighted by molar-refractivity contribution is 0.0938. The van der Waals surface area contributed by atoms with Crippen LogP contribution in [0.3, 0.4) is 0 Å². The van der Waals surface area contributed by atoms with Gasteiger partial charge >= 0.3 is 0 Å². The molecule has 6 heteroatoms. The molecular formula is C17H26N2O3S. The predicted molar refractivity (Wildman–Crippen MR) is 90.9 cm³/mol. The standard InChI is InChI=1S/C17H26N2O3S/c1-3-8-14(2)18-17(20)15-9-7-10-16(13-15)23(21,22)19-11-5-4-6-12-19/h7,9-10,13-14H,3-6,8,11-12H2,1-2H3,(H,18,20)/t14-/m0/s1. The second kappa shape index (κ2) is 7.93. The van der Waals surface area contributed by atoms with Crippen LogP contribution in [0.15, 0.2) is 29.2 Å². The highest BCUT2D eigenvalue weighted by atomic mass is 32.2.